The number of rotatable bonds is 6. The van der Waals surface area contributed by atoms with Crippen LogP contribution in [-0.4, -0.2) is 15.0 Å². The van der Waals surface area contributed by atoms with Gasteiger partial charge < -0.3 is 4.42 Å². The maximum atomic E-state index is 6.54. The summed E-state index contributed by atoms with van der Waals surface area (Å²) in [6, 6.07) is 65.6. The van der Waals surface area contributed by atoms with Crippen molar-refractivity contribution in [3.05, 3.63) is 188 Å². The molecule has 56 heavy (non-hydrogen) atoms. The van der Waals surface area contributed by atoms with Gasteiger partial charge in [0.05, 0.1) is 0 Å². The van der Waals surface area contributed by atoms with Gasteiger partial charge >= 0.3 is 0 Å². The van der Waals surface area contributed by atoms with Crippen LogP contribution in [0.1, 0.15) is 0 Å². The van der Waals surface area contributed by atoms with Gasteiger partial charge in [-0.25, -0.2) is 15.0 Å². The fourth-order valence-electron chi connectivity index (χ4n) is 7.96. The van der Waals surface area contributed by atoms with Gasteiger partial charge in [-0.15, -0.1) is 11.3 Å². The molecule has 8 aromatic carbocycles. The molecule has 0 N–H and O–H groups in total. The minimum Gasteiger partial charge on any atom is -0.456 e. The smallest absolute Gasteiger partial charge is 0.164 e. The van der Waals surface area contributed by atoms with Gasteiger partial charge in [-0.05, 0) is 69.8 Å². The summed E-state index contributed by atoms with van der Waals surface area (Å²) < 4.78 is 9.10. The van der Waals surface area contributed by atoms with Crippen LogP contribution in [0, 0.1) is 0 Å². The Morgan fingerprint density at radius 2 is 0.786 bits per heavy atom. The highest BCUT2D eigenvalue weighted by molar-refractivity contribution is 7.26. The minimum absolute atomic E-state index is 0.622. The second kappa shape index (κ2) is 13.3. The SMILES string of the molecule is c1ccc(-c2nc(-c3ccccc3)nc(-c3cccc(-c4cccc5oc6ccc(-c7cccc8sc9cccc(-c%10ccccc%10)c9c78)cc6c45)c3)n2)cc1. The van der Waals surface area contributed by atoms with Crippen molar-refractivity contribution in [2.75, 3.05) is 0 Å². The van der Waals surface area contributed by atoms with E-state index in [1.165, 1.54) is 36.9 Å². The van der Waals surface area contributed by atoms with Crippen LogP contribution in [0.25, 0.3) is 110 Å². The molecule has 0 saturated heterocycles. The highest BCUT2D eigenvalue weighted by Gasteiger charge is 2.19. The van der Waals surface area contributed by atoms with Crippen molar-refractivity contribution in [2.24, 2.45) is 0 Å². The molecule has 0 bridgehead atoms. The summed E-state index contributed by atoms with van der Waals surface area (Å²) in [6.45, 7) is 0. The van der Waals surface area contributed by atoms with E-state index in [-0.39, 0.29) is 0 Å². The maximum absolute atomic E-state index is 6.54. The molecule has 11 rings (SSSR count). The van der Waals surface area contributed by atoms with E-state index < -0.39 is 0 Å². The lowest BCUT2D eigenvalue weighted by Crippen LogP contribution is -2.00. The van der Waals surface area contributed by atoms with Gasteiger partial charge in [-0.2, -0.15) is 0 Å². The second-order valence-corrected chi connectivity index (χ2v) is 15.0. The van der Waals surface area contributed by atoms with Crippen LogP contribution in [0.2, 0.25) is 0 Å². The largest absolute Gasteiger partial charge is 0.456 e. The minimum atomic E-state index is 0.622. The van der Waals surface area contributed by atoms with Crippen molar-refractivity contribution in [1.82, 2.24) is 15.0 Å². The zero-order valence-corrected chi connectivity index (χ0v) is 30.9. The Bertz CT molecular complexity index is 3180. The summed E-state index contributed by atoms with van der Waals surface area (Å²) in [6.07, 6.45) is 0. The second-order valence-electron chi connectivity index (χ2n) is 13.9. The van der Waals surface area contributed by atoms with Gasteiger partial charge in [0.25, 0.3) is 0 Å². The van der Waals surface area contributed by atoms with Crippen LogP contribution in [0.5, 0.6) is 0 Å². The number of benzene rings is 8. The van der Waals surface area contributed by atoms with Crippen LogP contribution in [0.15, 0.2) is 192 Å². The van der Waals surface area contributed by atoms with Gasteiger partial charge in [0.15, 0.2) is 17.5 Å². The van der Waals surface area contributed by atoms with E-state index in [2.05, 4.69) is 127 Å². The Balaban J connectivity index is 1.07. The molecule has 0 aliphatic carbocycles. The first kappa shape index (κ1) is 32.2. The van der Waals surface area contributed by atoms with Crippen molar-refractivity contribution in [1.29, 1.82) is 0 Å². The van der Waals surface area contributed by atoms with E-state index >= 15 is 0 Å². The molecule has 262 valence electrons. The summed E-state index contributed by atoms with van der Waals surface area (Å²) in [7, 11) is 0. The maximum Gasteiger partial charge on any atom is 0.164 e. The summed E-state index contributed by atoms with van der Waals surface area (Å²) in [5, 5.41) is 4.75. The molecule has 5 heteroatoms. The number of hydrogen-bond acceptors (Lipinski definition) is 5. The van der Waals surface area contributed by atoms with Crippen molar-refractivity contribution in [3.8, 4) is 67.5 Å². The van der Waals surface area contributed by atoms with E-state index in [0.717, 1.165) is 55.3 Å². The zero-order valence-electron chi connectivity index (χ0n) is 30.1. The number of hydrogen-bond donors (Lipinski definition) is 0. The number of fused-ring (bicyclic) bond motifs is 6. The van der Waals surface area contributed by atoms with Crippen LogP contribution < -0.4 is 0 Å². The Labute approximate surface area is 327 Å². The molecule has 0 fully saturated rings. The lowest BCUT2D eigenvalue weighted by atomic mass is 9.93. The molecule has 11 aromatic rings. The molecule has 0 radical (unpaired) electrons. The van der Waals surface area contributed by atoms with E-state index in [1.807, 2.05) is 72.0 Å². The van der Waals surface area contributed by atoms with E-state index in [0.29, 0.717) is 17.5 Å². The molecule has 0 aliphatic rings. The molecule has 3 heterocycles. The first-order valence-electron chi connectivity index (χ1n) is 18.7. The van der Waals surface area contributed by atoms with Crippen LogP contribution in [0.4, 0.5) is 0 Å². The molecule has 3 aromatic heterocycles. The highest BCUT2D eigenvalue weighted by Crippen LogP contribution is 2.46. The molecular weight excluding hydrogens is 703 g/mol. The van der Waals surface area contributed by atoms with Gasteiger partial charge in [-0.1, -0.05) is 152 Å². The third kappa shape index (κ3) is 5.48. The standard InChI is InChI=1S/C51H31N3OS/c1-4-14-32(15-5-1)38-23-12-26-44-47(38)48-40(24-13-27-45(48)56-44)36-28-29-42-41(31-36)46-39(22-11-25-43(46)55-42)35-20-10-21-37(30-35)51-53-49(33-16-6-2-7-17-33)52-50(54-51)34-18-8-3-9-19-34/h1-31H. The predicted molar refractivity (Wildman–Crippen MR) is 233 cm³/mol. The normalized spacial score (nSPS) is 11.6. The summed E-state index contributed by atoms with van der Waals surface area (Å²) in [4.78, 5) is 14.9. The number of aromatic nitrogens is 3. The predicted octanol–water partition coefficient (Wildman–Crippen LogP) is 14.1. The van der Waals surface area contributed by atoms with Gasteiger partial charge in [-0.3, -0.25) is 0 Å². The third-order valence-corrected chi connectivity index (χ3v) is 11.7. The molecule has 0 aliphatic heterocycles. The highest BCUT2D eigenvalue weighted by atomic mass is 32.1. The topological polar surface area (TPSA) is 51.8 Å². The Morgan fingerprint density at radius 1 is 0.321 bits per heavy atom. The van der Waals surface area contributed by atoms with Gasteiger partial charge in [0.2, 0.25) is 0 Å². The number of furan rings is 1. The molecule has 0 amide bonds. The third-order valence-electron chi connectivity index (χ3n) is 10.5. The zero-order chi connectivity index (χ0) is 37.0. The van der Waals surface area contributed by atoms with Crippen molar-refractivity contribution >= 4 is 53.4 Å². The molecule has 0 unspecified atom stereocenters. The lowest BCUT2D eigenvalue weighted by Gasteiger charge is -2.10. The van der Waals surface area contributed by atoms with Crippen LogP contribution in [0.3, 0.4) is 0 Å². The van der Waals surface area contributed by atoms with Crippen LogP contribution in [-0.2, 0) is 0 Å². The molecule has 0 saturated carbocycles. The Kier molecular flexibility index (Phi) is 7.64. The average molecular weight is 734 g/mol. The van der Waals surface area contributed by atoms with E-state index in [4.69, 9.17) is 19.4 Å². The summed E-state index contributed by atoms with van der Waals surface area (Å²) in [5.74, 6) is 1.90. The summed E-state index contributed by atoms with van der Waals surface area (Å²) >= 11 is 1.85. The van der Waals surface area contributed by atoms with E-state index in [9.17, 15) is 0 Å². The number of thiophene rings is 1. The van der Waals surface area contributed by atoms with Crippen molar-refractivity contribution < 1.29 is 4.42 Å². The number of nitrogens with zero attached hydrogens (tertiary/aromatic N) is 3. The monoisotopic (exact) mass is 733 g/mol. The van der Waals surface area contributed by atoms with Gasteiger partial charge in [0.1, 0.15) is 11.2 Å². The van der Waals surface area contributed by atoms with Crippen LogP contribution >= 0.6 is 11.3 Å². The first-order valence-corrected chi connectivity index (χ1v) is 19.5. The fourth-order valence-corrected chi connectivity index (χ4v) is 9.12. The fraction of sp³-hybridized carbons (Fsp3) is 0. The van der Waals surface area contributed by atoms with Gasteiger partial charge in [0, 0.05) is 47.6 Å². The first-order chi connectivity index (χ1) is 27.7. The Hall–Kier alpha value is -7.21. The van der Waals surface area contributed by atoms with Crippen molar-refractivity contribution in [2.45, 2.75) is 0 Å². The average Bonchev–Trinajstić information content (AvgIpc) is 3.86. The quantitative estimate of drug-likeness (QED) is 0.171. The Morgan fingerprint density at radius 3 is 1.41 bits per heavy atom. The molecular formula is C51H31N3OS. The molecule has 4 nitrogen and oxygen atoms in total. The molecule has 0 spiro atoms. The van der Waals surface area contributed by atoms with Crippen molar-refractivity contribution in [3.63, 3.8) is 0 Å². The lowest BCUT2D eigenvalue weighted by molar-refractivity contribution is 0.669. The summed E-state index contributed by atoms with van der Waals surface area (Å²) in [5.41, 5.74) is 11.5. The molecule has 0 atom stereocenters. The van der Waals surface area contributed by atoms with E-state index in [1.54, 1.807) is 0 Å².